The summed E-state index contributed by atoms with van der Waals surface area (Å²) in [5.41, 5.74) is -0.251. The van der Waals surface area contributed by atoms with E-state index in [-0.39, 0.29) is 11.6 Å². The Balaban J connectivity index is 2.22. The van der Waals surface area contributed by atoms with Crippen molar-refractivity contribution in [1.82, 2.24) is 0 Å². The number of carboxylic acids is 1. The summed E-state index contributed by atoms with van der Waals surface area (Å²) in [6, 6.07) is 6.75. The molecule has 19 heavy (non-hydrogen) atoms. The number of nitrogens with one attached hydrogen (secondary N) is 1. The largest absolute Gasteiger partial charge is 0.478 e. The lowest BCUT2D eigenvalue weighted by molar-refractivity contribution is 0.0691. The van der Waals surface area contributed by atoms with Crippen LogP contribution in [0.25, 0.3) is 0 Å². The summed E-state index contributed by atoms with van der Waals surface area (Å²) in [6.45, 7) is 0. The maximum atomic E-state index is 13.2. The highest BCUT2D eigenvalue weighted by Crippen LogP contribution is 2.23. The molecule has 0 radical (unpaired) electrons. The molecule has 7 heteroatoms. The van der Waals surface area contributed by atoms with Gasteiger partial charge in [-0.3, -0.25) is 4.79 Å². The van der Waals surface area contributed by atoms with Gasteiger partial charge < -0.3 is 10.4 Å². The van der Waals surface area contributed by atoms with E-state index in [1.807, 2.05) is 0 Å². The maximum Gasteiger partial charge on any atom is 0.338 e. The van der Waals surface area contributed by atoms with E-state index in [1.165, 1.54) is 17.4 Å². The van der Waals surface area contributed by atoms with Crippen molar-refractivity contribution in [3.8, 4) is 0 Å². The molecule has 4 nitrogen and oxygen atoms in total. The minimum Gasteiger partial charge on any atom is -0.478 e. The number of carbonyl (C=O) groups is 2. The number of halogens is 2. The monoisotopic (exact) mass is 343 g/mol. The fourth-order valence-electron chi connectivity index (χ4n) is 1.40. The highest BCUT2D eigenvalue weighted by atomic mass is 79.9. The smallest absolute Gasteiger partial charge is 0.338 e. The summed E-state index contributed by atoms with van der Waals surface area (Å²) in [5.74, 6) is -2.60. The molecule has 2 aromatic rings. The van der Waals surface area contributed by atoms with Crippen LogP contribution in [-0.2, 0) is 0 Å². The van der Waals surface area contributed by atoms with E-state index in [0.29, 0.717) is 4.88 Å². The Morgan fingerprint density at radius 3 is 2.58 bits per heavy atom. The molecule has 0 saturated heterocycles. The number of thiophene rings is 1. The van der Waals surface area contributed by atoms with Crippen LogP contribution in [0.4, 0.5) is 10.1 Å². The van der Waals surface area contributed by atoms with Crippen molar-refractivity contribution in [2.45, 2.75) is 0 Å². The Kier molecular flexibility index (Phi) is 3.96. The molecule has 2 N–H and O–H groups in total. The van der Waals surface area contributed by atoms with E-state index in [9.17, 15) is 14.0 Å². The summed E-state index contributed by atoms with van der Waals surface area (Å²) < 4.78 is 14.0. The van der Waals surface area contributed by atoms with Gasteiger partial charge in [0.25, 0.3) is 5.91 Å². The third-order valence-corrected chi connectivity index (χ3v) is 3.87. The second-order valence-corrected chi connectivity index (χ2v) is 6.02. The van der Waals surface area contributed by atoms with Gasteiger partial charge in [0.05, 0.1) is 14.2 Å². The van der Waals surface area contributed by atoms with Crippen LogP contribution in [0.3, 0.4) is 0 Å². The topological polar surface area (TPSA) is 66.4 Å². The van der Waals surface area contributed by atoms with Gasteiger partial charge in [0.2, 0.25) is 0 Å². The first kappa shape index (κ1) is 13.7. The molecule has 0 aliphatic heterocycles. The third-order valence-electron chi connectivity index (χ3n) is 2.25. The van der Waals surface area contributed by atoms with Crippen LogP contribution in [0.15, 0.2) is 34.1 Å². The predicted octanol–water partition coefficient (Wildman–Crippen LogP) is 3.60. The van der Waals surface area contributed by atoms with Crippen molar-refractivity contribution in [2.75, 3.05) is 5.32 Å². The van der Waals surface area contributed by atoms with Crippen molar-refractivity contribution < 1.29 is 19.1 Å². The van der Waals surface area contributed by atoms with Gasteiger partial charge in [0.1, 0.15) is 5.82 Å². The molecule has 98 valence electrons. The molecule has 2 rings (SSSR count). The third kappa shape index (κ3) is 3.18. The highest BCUT2D eigenvalue weighted by molar-refractivity contribution is 9.11. The molecule has 0 unspecified atom stereocenters. The van der Waals surface area contributed by atoms with E-state index >= 15 is 0 Å². The van der Waals surface area contributed by atoms with Gasteiger partial charge in [-0.2, -0.15) is 0 Å². The zero-order valence-electron chi connectivity index (χ0n) is 9.31. The lowest BCUT2D eigenvalue weighted by atomic mass is 10.2. The van der Waals surface area contributed by atoms with E-state index in [0.717, 1.165) is 15.9 Å². The number of hydrogen-bond donors (Lipinski definition) is 2. The average Bonchev–Trinajstić information content (AvgIpc) is 2.78. The molecule has 0 aliphatic carbocycles. The van der Waals surface area contributed by atoms with Gasteiger partial charge in [0, 0.05) is 5.69 Å². The van der Waals surface area contributed by atoms with Crippen molar-refractivity contribution >= 4 is 44.8 Å². The summed E-state index contributed by atoms with van der Waals surface area (Å²) in [6.07, 6.45) is 0. The lowest BCUT2D eigenvalue weighted by Gasteiger charge is -2.05. The van der Waals surface area contributed by atoms with Crippen molar-refractivity contribution in [2.24, 2.45) is 0 Å². The van der Waals surface area contributed by atoms with Gasteiger partial charge in [-0.25, -0.2) is 9.18 Å². The van der Waals surface area contributed by atoms with Crippen molar-refractivity contribution in [3.05, 3.63) is 50.4 Å². The SMILES string of the molecule is O=C(Nc1ccc(F)c(C(=O)O)c1)c1ccc(Br)s1. The molecular formula is C12H7BrFNO3S. The lowest BCUT2D eigenvalue weighted by Crippen LogP contribution is -2.11. The second kappa shape index (κ2) is 5.50. The summed E-state index contributed by atoms with van der Waals surface area (Å²) in [5, 5.41) is 11.3. The van der Waals surface area contributed by atoms with E-state index in [2.05, 4.69) is 21.2 Å². The zero-order valence-corrected chi connectivity index (χ0v) is 11.7. The van der Waals surface area contributed by atoms with Crippen LogP contribution >= 0.6 is 27.3 Å². The highest BCUT2D eigenvalue weighted by Gasteiger charge is 2.13. The first-order valence-corrected chi connectivity index (χ1v) is 6.68. The number of hydrogen-bond acceptors (Lipinski definition) is 3. The van der Waals surface area contributed by atoms with Gasteiger partial charge >= 0.3 is 5.97 Å². The minimum absolute atomic E-state index is 0.230. The molecule has 0 bridgehead atoms. The Morgan fingerprint density at radius 1 is 1.26 bits per heavy atom. The molecular weight excluding hydrogens is 337 g/mol. The van der Waals surface area contributed by atoms with E-state index in [4.69, 9.17) is 5.11 Å². The number of carbonyl (C=O) groups excluding carboxylic acids is 1. The average molecular weight is 344 g/mol. The molecule has 0 fully saturated rings. The second-order valence-electron chi connectivity index (χ2n) is 3.56. The number of rotatable bonds is 3. The van der Waals surface area contributed by atoms with Gasteiger partial charge in [0.15, 0.2) is 0 Å². The van der Waals surface area contributed by atoms with Crippen molar-refractivity contribution in [3.63, 3.8) is 0 Å². The van der Waals surface area contributed by atoms with Gasteiger partial charge in [-0.05, 0) is 46.3 Å². The first-order valence-electron chi connectivity index (χ1n) is 5.07. The number of amides is 1. The van der Waals surface area contributed by atoms with Crippen LogP contribution in [0.1, 0.15) is 20.0 Å². The first-order chi connectivity index (χ1) is 8.97. The van der Waals surface area contributed by atoms with Crippen molar-refractivity contribution in [1.29, 1.82) is 0 Å². The van der Waals surface area contributed by atoms with Crippen LogP contribution in [0, 0.1) is 5.82 Å². The molecule has 0 saturated carbocycles. The van der Waals surface area contributed by atoms with Crippen LogP contribution in [-0.4, -0.2) is 17.0 Å². The van der Waals surface area contributed by atoms with Crippen LogP contribution in [0.2, 0.25) is 0 Å². The van der Waals surface area contributed by atoms with E-state index in [1.54, 1.807) is 12.1 Å². The zero-order chi connectivity index (χ0) is 14.0. The maximum absolute atomic E-state index is 13.2. The number of anilines is 1. The Hall–Kier alpha value is -1.73. The summed E-state index contributed by atoms with van der Waals surface area (Å²) >= 11 is 4.48. The Morgan fingerprint density at radius 2 is 2.00 bits per heavy atom. The molecule has 0 atom stereocenters. The molecule has 1 heterocycles. The fourth-order valence-corrected chi connectivity index (χ4v) is 2.68. The molecule has 1 aromatic carbocycles. The minimum atomic E-state index is -1.38. The van der Waals surface area contributed by atoms with Crippen LogP contribution < -0.4 is 5.32 Å². The fraction of sp³-hybridized carbons (Fsp3) is 0. The van der Waals surface area contributed by atoms with Gasteiger partial charge in [-0.1, -0.05) is 0 Å². The number of carboxylic acid groups (broad SMARTS) is 1. The number of aromatic carboxylic acids is 1. The molecule has 1 aromatic heterocycles. The quantitative estimate of drug-likeness (QED) is 0.894. The van der Waals surface area contributed by atoms with Crippen LogP contribution in [0.5, 0.6) is 0 Å². The molecule has 0 spiro atoms. The molecule has 0 aliphatic rings. The number of benzene rings is 1. The van der Waals surface area contributed by atoms with E-state index < -0.39 is 17.3 Å². The Labute approximate surface area is 120 Å². The predicted molar refractivity (Wildman–Crippen MR) is 73.3 cm³/mol. The Bertz CT molecular complexity index is 656. The standard InChI is InChI=1S/C12H7BrFNO3S/c13-10-4-3-9(19-10)11(16)15-6-1-2-8(14)7(5-6)12(17)18/h1-5H,(H,15,16)(H,17,18). The summed E-state index contributed by atoms with van der Waals surface area (Å²) in [7, 11) is 0. The molecule has 1 amide bonds. The van der Waals surface area contributed by atoms with Gasteiger partial charge in [-0.15, -0.1) is 11.3 Å². The normalized spacial score (nSPS) is 10.2. The summed E-state index contributed by atoms with van der Waals surface area (Å²) in [4.78, 5) is 23.1.